The number of hydrogen-bond acceptors (Lipinski definition) is 5. The van der Waals surface area contributed by atoms with Crippen molar-refractivity contribution < 1.29 is 19.0 Å². The molecule has 6 nitrogen and oxygen atoms in total. The van der Waals surface area contributed by atoms with Crippen molar-refractivity contribution in [1.82, 2.24) is 4.90 Å². The molecular formula is C19H19ClN2O4. The Morgan fingerprint density at radius 2 is 1.81 bits per heavy atom. The Hall–Kier alpha value is -2.60. The highest BCUT2D eigenvalue weighted by molar-refractivity contribution is 6.32. The minimum absolute atomic E-state index is 0.00992. The smallest absolute Gasteiger partial charge is 0.254 e. The first kappa shape index (κ1) is 16.8. The lowest BCUT2D eigenvalue weighted by Gasteiger charge is -2.36. The maximum Gasteiger partial charge on any atom is 0.254 e. The Bertz CT molecular complexity index is 834. The van der Waals surface area contributed by atoms with Gasteiger partial charge in [0.15, 0.2) is 11.5 Å². The van der Waals surface area contributed by atoms with Crippen LogP contribution < -0.4 is 19.1 Å². The quantitative estimate of drug-likeness (QED) is 0.826. The molecule has 0 unspecified atom stereocenters. The number of rotatable bonds is 3. The van der Waals surface area contributed by atoms with Gasteiger partial charge in [-0.3, -0.25) is 4.79 Å². The zero-order chi connectivity index (χ0) is 18.1. The molecule has 26 heavy (non-hydrogen) atoms. The normalized spacial score (nSPS) is 15.9. The number of halogens is 1. The molecular weight excluding hydrogens is 356 g/mol. The fraction of sp³-hybridized carbons (Fsp3) is 0.316. The van der Waals surface area contributed by atoms with Crippen molar-refractivity contribution in [2.24, 2.45) is 0 Å². The van der Waals surface area contributed by atoms with Gasteiger partial charge in [-0.1, -0.05) is 11.6 Å². The molecule has 0 aromatic heterocycles. The third-order valence-electron chi connectivity index (χ3n) is 4.69. The molecule has 7 heteroatoms. The van der Waals surface area contributed by atoms with Gasteiger partial charge >= 0.3 is 0 Å². The van der Waals surface area contributed by atoms with Gasteiger partial charge in [-0.2, -0.15) is 0 Å². The molecule has 1 saturated heterocycles. The second-order valence-electron chi connectivity index (χ2n) is 6.17. The summed E-state index contributed by atoms with van der Waals surface area (Å²) >= 11 is 6.22. The first-order valence-corrected chi connectivity index (χ1v) is 8.81. The van der Waals surface area contributed by atoms with Crippen LogP contribution in [0.4, 0.5) is 5.69 Å². The highest BCUT2D eigenvalue weighted by Gasteiger charge is 2.24. The summed E-state index contributed by atoms with van der Waals surface area (Å²) in [5.41, 5.74) is 1.65. The van der Waals surface area contributed by atoms with Crippen LogP contribution in [-0.2, 0) is 0 Å². The van der Waals surface area contributed by atoms with Crippen LogP contribution in [0.25, 0.3) is 0 Å². The van der Waals surface area contributed by atoms with Crippen LogP contribution in [0.3, 0.4) is 0 Å². The molecule has 1 amide bonds. The van der Waals surface area contributed by atoms with E-state index in [0.29, 0.717) is 40.9 Å². The van der Waals surface area contributed by atoms with Gasteiger partial charge in [0.2, 0.25) is 6.79 Å². The van der Waals surface area contributed by atoms with E-state index in [1.165, 1.54) is 0 Å². The number of amides is 1. The number of carbonyl (C=O) groups excluding carboxylic acids is 1. The molecule has 0 radical (unpaired) electrons. The van der Waals surface area contributed by atoms with Gasteiger partial charge in [0.05, 0.1) is 12.1 Å². The average Bonchev–Trinajstić information content (AvgIpc) is 3.15. The molecule has 0 saturated carbocycles. The zero-order valence-corrected chi connectivity index (χ0v) is 15.2. The number of methoxy groups -OCH3 is 1. The second-order valence-corrected chi connectivity index (χ2v) is 6.57. The number of carbonyl (C=O) groups is 1. The number of piperazine rings is 1. The second kappa shape index (κ2) is 6.96. The van der Waals surface area contributed by atoms with Crippen LogP contribution in [-0.4, -0.2) is 50.9 Å². The van der Waals surface area contributed by atoms with Gasteiger partial charge in [0.25, 0.3) is 5.91 Å². The van der Waals surface area contributed by atoms with Gasteiger partial charge < -0.3 is 24.0 Å². The standard InChI is InChI=1S/C19H19ClN2O4/c1-24-16-5-3-14(11-15(16)20)21-6-8-22(9-7-21)19(23)13-2-4-17-18(10-13)26-12-25-17/h2-5,10-11H,6-9,12H2,1H3. The first-order chi connectivity index (χ1) is 12.7. The Kier molecular flexibility index (Phi) is 4.51. The molecule has 2 heterocycles. The van der Waals surface area contributed by atoms with Gasteiger partial charge in [-0.15, -0.1) is 0 Å². The predicted molar refractivity (Wildman–Crippen MR) is 98.7 cm³/mol. The van der Waals surface area contributed by atoms with E-state index in [2.05, 4.69) is 4.90 Å². The van der Waals surface area contributed by atoms with E-state index in [9.17, 15) is 4.79 Å². The summed E-state index contributed by atoms with van der Waals surface area (Å²) in [7, 11) is 1.60. The highest BCUT2D eigenvalue weighted by atomic mass is 35.5. The Morgan fingerprint density at radius 3 is 2.54 bits per heavy atom. The van der Waals surface area contributed by atoms with Crippen LogP contribution >= 0.6 is 11.6 Å². The number of nitrogens with zero attached hydrogens (tertiary/aromatic N) is 2. The molecule has 2 aliphatic heterocycles. The molecule has 2 aliphatic rings. The zero-order valence-electron chi connectivity index (χ0n) is 14.4. The Labute approximate surface area is 156 Å². The van der Waals surface area contributed by atoms with Gasteiger partial charge in [0.1, 0.15) is 5.75 Å². The predicted octanol–water partition coefficient (Wildman–Crippen LogP) is 3.04. The summed E-state index contributed by atoms with van der Waals surface area (Å²) in [5.74, 6) is 1.98. The molecule has 4 rings (SSSR count). The van der Waals surface area contributed by atoms with Crippen LogP contribution in [0.5, 0.6) is 17.2 Å². The van der Waals surface area contributed by atoms with E-state index in [1.807, 2.05) is 23.1 Å². The summed E-state index contributed by atoms with van der Waals surface area (Å²) < 4.78 is 15.8. The summed E-state index contributed by atoms with van der Waals surface area (Å²) in [6.45, 7) is 3.00. The number of benzene rings is 2. The van der Waals surface area contributed by atoms with Crippen molar-refractivity contribution in [2.45, 2.75) is 0 Å². The third kappa shape index (κ3) is 3.12. The van der Waals surface area contributed by atoms with E-state index in [0.717, 1.165) is 18.8 Å². The average molecular weight is 375 g/mol. The van der Waals surface area contributed by atoms with Gasteiger partial charge in [-0.25, -0.2) is 0 Å². The topological polar surface area (TPSA) is 51.2 Å². The lowest BCUT2D eigenvalue weighted by Crippen LogP contribution is -2.48. The molecule has 0 atom stereocenters. The van der Waals surface area contributed by atoms with Crippen LogP contribution in [0, 0.1) is 0 Å². The van der Waals surface area contributed by atoms with Crippen LogP contribution in [0.15, 0.2) is 36.4 Å². The highest BCUT2D eigenvalue weighted by Crippen LogP contribution is 2.33. The molecule has 0 aliphatic carbocycles. The summed E-state index contributed by atoms with van der Waals surface area (Å²) in [5, 5.41) is 0.587. The molecule has 0 spiro atoms. The van der Waals surface area contributed by atoms with E-state index in [1.54, 1.807) is 25.3 Å². The van der Waals surface area contributed by atoms with E-state index < -0.39 is 0 Å². The van der Waals surface area contributed by atoms with E-state index in [4.69, 9.17) is 25.8 Å². The maximum atomic E-state index is 12.8. The molecule has 136 valence electrons. The maximum absolute atomic E-state index is 12.8. The van der Waals surface area contributed by atoms with Crippen molar-refractivity contribution in [3.8, 4) is 17.2 Å². The van der Waals surface area contributed by atoms with Gasteiger partial charge in [-0.05, 0) is 36.4 Å². The monoisotopic (exact) mass is 374 g/mol. The SMILES string of the molecule is COc1ccc(N2CCN(C(=O)c3ccc4c(c3)OCO4)CC2)cc1Cl. The fourth-order valence-electron chi connectivity index (χ4n) is 3.23. The fourth-order valence-corrected chi connectivity index (χ4v) is 3.48. The van der Waals surface area contributed by atoms with Crippen LogP contribution in [0.1, 0.15) is 10.4 Å². The number of ether oxygens (including phenoxy) is 3. The molecule has 0 N–H and O–H groups in total. The van der Waals surface area contributed by atoms with E-state index >= 15 is 0 Å². The van der Waals surface area contributed by atoms with Crippen molar-refractivity contribution >= 4 is 23.2 Å². The van der Waals surface area contributed by atoms with E-state index in [-0.39, 0.29) is 12.7 Å². The van der Waals surface area contributed by atoms with Crippen molar-refractivity contribution in [2.75, 3.05) is 45.0 Å². The molecule has 2 aromatic rings. The lowest BCUT2D eigenvalue weighted by molar-refractivity contribution is 0.0746. The van der Waals surface area contributed by atoms with Crippen molar-refractivity contribution in [3.05, 3.63) is 47.0 Å². The molecule has 1 fully saturated rings. The minimum atomic E-state index is 0.00992. The Balaban J connectivity index is 1.41. The number of hydrogen-bond donors (Lipinski definition) is 0. The molecule has 2 aromatic carbocycles. The summed E-state index contributed by atoms with van der Waals surface area (Å²) in [6, 6.07) is 11.1. The van der Waals surface area contributed by atoms with Crippen LogP contribution in [0.2, 0.25) is 5.02 Å². The Morgan fingerprint density at radius 1 is 1.04 bits per heavy atom. The molecule has 0 bridgehead atoms. The lowest BCUT2D eigenvalue weighted by atomic mass is 10.1. The van der Waals surface area contributed by atoms with Gasteiger partial charge in [0, 0.05) is 37.4 Å². The summed E-state index contributed by atoms with van der Waals surface area (Å²) in [6.07, 6.45) is 0. The number of anilines is 1. The number of fused-ring (bicyclic) bond motifs is 1. The first-order valence-electron chi connectivity index (χ1n) is 8.43. The van der Waals surface area contributed by atoms with Crippen molar-refractivity contribution in [1.29, 1.82) is 0 Å². The third-order valence-corrected chi connectivity index (χ3v) is 4.98. The summed E-state index contributed by atoms with van der Waals surface area (Å²) in [4.78, 5) is 16.8. The minimum Gasteiger partial charge on any atom is -0.495 e. The largest absolute Gasteiger partial charge is 0.495 e. The van der Waals surface area contributed by atoms with Crippen molar-refractivity contribution in [3.63, 3.8) is 0 Å².